The maximum Gasteiger partial charge on any atom is 0.207 e. The Morgan fingerprint density at radius 1 is 1.50 bits per heavy atom. The van der Waals surface area contributed by atoms with Crippen molar-refractivity contribution in [2.24, 2.45) is 0 Å². The lowest BCUT2D eigenvalue weighted by Crippen LogP contribution is -1.98. The Morgan fingerprint density at radius 2 is 2.42 bits per heavy atom. The van der Waals surface area contributed by atoms with E-state index in [9.17, 15) is 0 Å². The lowest BCUT2D eigenvalue weighted by atomic mass is 10.7. The van der Waals surface area contributed by atoms with Crippen LogP contribution in [0.15, 0.2) is 18.5 Å². The van der Waals surface area contributed by atoms with Crippen LogP contribution in [0.4, 0.5) is 0 Å². The first-order valence-corrected chi connectivity index (χ1v) is 4.49. The van der Waals surface area contributed by atoms with Crippen molar-refractivity contribution in [3.8, 4) is 0 Å². The minimum absolute atomic E-state index is 0.470. The van der Waals surface area contributed by atoms with Gasteiger partial charge in [-0.3, -0.25) is 4.68 Å². The molecule has 0 spiro atoms. The fourth-order valence-electron chi connectivity index (χ4n) is 0.830. The molecule has 0 aliphatic rings. The molecular formula is C6H5ClN4S. The summed E-state index contributed by atoms with van der Waals surface area (Å²) in [6.45, 7) is 0.636. The summed E-state index contributed by atoms with van der Waals surface area (Å²) in [5.74, 6) is 0. The minimum atomic E-state index is 0.470. The molecular weight excluding hydrogens is 196 g/mol. The summed E-state index contributed by atoms with van der Waals surface area (Å²) in [6.07, 6.45) is 3.60. The van der Waals surface area contributed by atoms with Crippen LogP contribution < -0.4 is 0 Å². The van der Waals surface area contributed by atoms with Crippen LogP contribution >= 0.6 is 22.9 Å². The maximum atomic E-state index is 5.62. The van der Waals surface area contributed by atoms with Crippen LogP contribution in [0.5, 0.6) is 0 Å². The molecule has 2 rings (SSSR count). The van der Waals surface area contributed by atoms with Gasteiger partial charge in [-0.05, 0) is 17.7 Å². The molecule has 0 bridgehead atoms. The van der Waals surface area contributed by atoms with Crippen molar-refractivity contribution in [1.29, 1.82) is 0 Å². The monoisotopic (exact) mass is 200 g/mol. The summed E-state index contributed by atoms with van der Waals surface area (Å²) in [5.41, 5.74) is 0. The highest BCUT2D eigenvalue weighted by atomic mass is 35.5. The first kappa shape index (κ1) is 7.70. The lowest BCUT2D eigenvalue weighted by molar-refractivity contribution is 0.677. The molecule has 62 valence electrons. The average molecular weight is 201 g/mol. The van der Waals surface area contributed by atoms with Crippen molar-refractivity contribution in [2.45, 2.75) is 6.54 Å². The van der Waals surface area contributed by atoms with Crippen molar-refractivity contribution in [1.82, 2.24) is 20.0 Å². The second-order valence-electron chi connectivity index (χ2n) is 2.15. The first-order chi connectivity index (χ1) is 5.84. The van der Waals surface area contributed by atoms with Crippen molar-refractivity contribution in [2.75, 3.05) is 0 Å². The van der Waals surface area contributed by atoms with Crippen LogP contribution in [0.1, 0.15) is 5.01 Å². The van der Waals surface area contributed by atoms with E-state index < -0.39 is 0 Å². The molecule has 0 N–H and O–H groups in total. The molecule has 12 heavy (non-hydrogen) atoms. The van der Waals surface area contributed by atoms with E-state index in [4.69, 9.17) is 11.6 Å². The molecule has 2 aromatic heterocycles. The molecule has 0 aliphatic heterocycles. The maximum absolute atomic E-state index is 5.62. The molecule has 6 heteroatoms. The smallest absolute Gasteiger partial charge is 0.207 e. The number of hydrogen-bond acceptors (Lipinski definition) is 4. The van der Waals surface area contributed by atoms with Crippen LogP contribution in [0.25, 0.3) is 0 Å². The molecule has 0 saturated carbocycles. The molecule has 2 aromatic rings. The van der Waals surface area contributed by atoms with E-state index >= 15 is 0 Å². The highest BCUT2D eigenvalue weighted by Gasteiger charge is 2.01. The third-order valence-corrected chi connectivity index (χ3v) is 2.30. The Morgan fingerprint density at radius 3 is 3.00 bits per heavy atom. The van der Waals surface area contributed by atoms with Gasteiger partial charge in [0.2, 0.25) is 4.47 Å². The number of rotatable bonds is 2. The second kappa shape index (κ2) is 3.20. The highest BCUT2D eigenvalue weighted by molar-refractivity contribution is 7.15. The Hall–Kier alpha value is -0.940. The quantitative estimate of drug-likeness (QED) is 0.737. The van der Waals surface area contributed by atoms with Crippen molar-refractivity contribution in [3.05, 3.63) is 27.9 Å². The standard InChI is InChI=1S/C6H5ClN4S/c7-6-10-9-5(12-6)4-11-3-1-2-8-11/h1-3H,4H2. The van der Waals surface area contributed by atoms with Crippen molar-refractivity contribution >= 4 is 22.9 Å². The predicted octanol–water partition coefficient (Wildman–Crippen LogP) is 1.44. The van der Waals surface area contributed by atoms with E-state index in [-0.39, 0.29) is 0 Å². The minimum Gasteiger partial charge on any atom is -0.266 e. The molecule has 0 unspecified atom stereocenters. The van der Waals surface area contributed by atoms with Gasteiger partial charge in [0.25, 0.3) is 0 Å². The van der Waals surface area contributed by atoms with E-state index in [1.807, 2.05) is 12.3 Å². The van der Waals surface area contributed by atoms with Gasteiger partial charge in [0.05, 0.1) is 6.54 Å². The molecule has 0 aliphatic carbocycles. The summed E-state index contributed by atoms with van der Waals surface area (Å²) >= 11 is 6.98. The summed E-state index contributed by atoms with van der Waals surface area (Å²) < 4.78 is 2.24. The average Bonchev–Trinajstić information content (AvgIpc) is 2.63. The van der Waals surface area contributed by atoms with Gasteiger partial charge in [-0.15, -0.1) is 10.2 Å². The van der Waals surface area contributed by atoms with Gasteiger partial charge in [-0.1, -0.05) is 11.3 Å². The van der Waals surface area contributed by atoms with Gasteiger partial charge >= 0.3 is 0 Å². The molecule has 0 atom stereocenters. The largest absolute Gasteiger partial charge is 0.266 e. The predicted molar refractivity (Wildman–Crippen MR) is 46.2 cm³/mol. The number of nitrogens with zero attached hydrogens (tertiary/aromatic N) is 4. The Bertz CT molecular complexity index is 355. The molecule has 2 heterocycles. The molecule has 0 radical (unpaired) electrons. The molecule has 0 aromatic carbocycles. The van der Waals surface area contributed by atoms with E-state index in [0.29, 0.717) is 11.0 Å². The molecule has 0 fully saturated rings. The van der Waals surface area contributed by atoms with Gasteiger partial charge in [-0.2, -0.15) is 5.10 Å². The van der Waals surface area contributed by atoms with Gasteiger partial charge in [0.1, 0.15) is 5.01 Å². The van der Waals surface area contributed by atoms with Crippen LogP contribution in [0.2, 0.25) is 4.47 Å². The SMILES string of the molecule is Clc1nnc(Cn2cccn2)s1. The molecule has 0 saturated heterocycles. The zero-order chi connectivity index (χ0) is 8.39. The van der Waals surface area contributed by atoms with Gasteiger partial charge in [0.15, 0.2) is 0 Å². The summed E-state index contributed by atoms with van der Waals surface area (Å²) in [6, 6.07) is 1.86. The fourth-order valence-corrected chi connectivity index (χ4v) is 1.69. The number of aromatic nitrogens is 4. The third kappa shape index (κ3) is 1.62. The van der Waals surface area contributed by atoms with Crippen LogP contribution in [0, 0.1) is 0 Å². The topological polar surface area (TPSA) is 43.6 Å². The zero-order valence-corrected chi connectivity index (χ0v) is 7.59. The summed E-state index contributed by atoms with van der Waals surface area (Å²) in [5, 5.41) is 12.5. The third-order valence-electron chi connectivity index (χ3n) is 1.30. The molecule has 0 amide bonds. The number of hydrogen-bond donors (Lipinski definition) is 0. The van der Waals surface area contributed by atoms with Gasteiger partial charge in [-0.25, -0.2) is 0 Å². The number of halogens is 1. The fraction of sp³-hybridized carbons (Fsp3) is 0.167. The first-order valence-electron chi connectivity index (χ1n) is 3.30. The van der Waals surface area contributed by atoms with E-state index in [2.05, 4.69) is 15.3 Å². The van der Waals surface area contributed by atoms with Crippen LogP contribution in [0.3, 0.4) is 0 Å². The van der Waals surface area contributed by atoms with E-state index in [0.717, 1.165) is 5.01 Å². The van der Waals surface area contributed by atoms with Gasteiger partial charge in [0, 0.05) is 12.4 Å². The van der Waals surface area contributed by atoms with E-state index in [1.165, 1.54) is 11.3 Å². The van der Waals surface area contributed by atoms with E-state index in [1.54, 1.807) is 10.9 Å². The van der Waals surface area contributed by atoms with Crippen molar-refractivity contribution in [3.63, 3.8) is 0 Å². The van der Waals surface area contributed by atoms with Crippen LogP contribution in [-0.2, 0) is 6.54 Å². The van der Waals surface area contributed by atoms with Gasteiger partial charge < -0.3 is 0 Å². The normalized spacial score (nSPS) is 10.4. The Kier molecular flexibility index (Phi) is 2.05. The summed E-state index contributed by atoms with van der Waals surface area (Å²) in [7, 11) is 0. The Balaban J connectivity index is 2.14. The van der Waals surface area contributed by atoms with Crippen molar-refractivity contribution < 1.29 is 0 Å². The zero-order valence-electron chi connectivity index (χ0n) is 6.01. The second-order valence-corrected chi connectivity index (χ2v) is 3.80. The summed E-state index contributed by atoms with van der Waals surface area (Å²) in [4.78, 5) is 0. The Labute approximate surface area is 77.8 Å². The molecule has 4 nitrogen and oxygen atoms in total. The van der Waals surface area contributed by atoms with Crippen LogP contribution in [-0.4, -0.2) is 20.0 Å². The lowest BCUT2D eigenvalue weighted by Gasteiger charge is -1.93. The highest BCUT2D eigenvalue weighted by Crippen LogP contribution is 2.15.